The van der Waals surface area contributed by atoms with Crippen LogP contribution in [-0.2, 0) is 10.0 Å². The number of carbonyl (C=O) groups excluding carboxylic acids is 1. The van der Waals surface area contributed by atoms with Crippen LogP contribution in [0.25, 0.3) is 0 Å². The largest absolute Gasteiger partial charge is 0.293 e. The molecule has 0 aromatic carbocycles. The molecule has 1 aromatic heterocycles. The van der Waals surface area contributed by atoms with Gasteiger partial charge in [0.25, 0.3) is 10.0 Å². The van der Waals surface area contributed by atoms with Crippen molar-refractivity contribution < 1.29 is 13.2 Å². The number of rotatable bonds is 4. The normalized spacial score (nSPS) is 16.8. The standard InChI is InChI=1S/C12H17NO3S2/c1-12(2,3)13-18(15,16)10-7-6-9(17-10)11(14)8-4-5-8/h6-8,13H,4-5H2,1-3H3. The Hall–Kier alpha value is -0.720. The number of hydrogen-bond donors (Lipinski definition) is 1. The van der Waals surface area contributed by atoms with Crippen LogP contribution in [0.4, 0.5) is 0 Å². The number of carbonyl (C=O) groups is 1. The molecule has 0 unspecified atom stereocenters. The number of ketones is 1. The zero-order valence-electron chi connectivity index (χ0n) is 10.7. The Morgan fingerprint density at radius 1 is 1.33 bits per heavy atom. The summed E-state index contributed by atoms with van der Waals surface area (Å²) in [4.78, 5) is 12.4. The van der Waals surface area contributed by atoms with Gasteiger partial charge in [0, 0.05) is 11.5 Å². The zero-order valence-corrected chi connectivity index (χ0v) is 12.3. The summed E-state index contributed by atoms with van der Waals surface area (Å²) in [6.45, 7) is 5.36. The second kappa shape index (κ2) is 4.43. The van der Waals surface area contributed by atoms with E-state index >= 15 is 0 Å². The number of thiophene rings is 1. The van der Waals surface area contributed by atoms with Gasteiger partial charge >= 0.3 is 0 Å². The molecule has 1 aromatic rings. The van der Waals surface area contributed by atoms with Crippen LogP contribution in [0.15, 0.2) is 16.3 Å². The third kappa shape index (κ3) is 3.18. The van der Waals surface area contributed by atoms with Crippen LogP contribution in [0.1, 0.15) is 43.3 Å². The fourth-order valence-electron chi connectivity index (χ4n) is 1.60. The Morgan fingerprint density at radius 2 is 1.94 bits per heavy atom. The molecule has 0 radical (unpaired) electrons. The van der Waals surface area contributed by atoms with E-state index in [1.54, 1.807) is 26.8 Å². The Balaban J connectivity index is 2.21. The van der Waals surface area contributed by atoms with Gasteiger partial charge in [0.15, 0.2) is 5.78 Å². The van der Waals surface area contributed by atoms with Gasteiger partial charge in [-0.3, -0.25) is 4.79 Å². The van der Waals surface area contributed by atoms with Crippen molar-refractivity contribution in [3.63, 3.8) is 0 Å². The molecule has 0 bridgehead atoms. The molecular formula is C12H17NO3S2. The van der Waals surface area contributed by atoms with Crippen molar-refractivity contribution in [3.05, 3.63) is 17.0 Å². The molecule has 100 valence electrons. The summed E-state index contributed by atoms with van der Waals surface area (Å²) in [7, 11) is -3.52. The molecule has 1 N–H and O–H groups in total. The minimum Gasteiger partial charge on any atom is -0.293 e. The summed E-state index contributed by atoms with van der Waals surface area (Å²) in [5.74, 6) is 0.201. The molecule has 6 heteroatoms. The molecule has 0 atom stereocenters. The molecule has 4 nitrogen and oxygen atoms in total. The van der Waals surface area contributed by atoms with Crippen LogP contribution >= 0.6 is 11.3 Å². The van der Waals surface area contributed by atoms with Crippen molar-refractivity contribution in [2.24, 2.45) is 5.92 Å². The minimum atomic E-state index is -3.52. The summed E-state index contributed by atoms with van der Waals surface area (Å²) >= 11 is 1.06. The SMILES string of the molecule is CC(C)(C)NS(=O)(=O)c1ccc(C(=O)C2CC2)s1. The highest BCUT2D eigenvalue weighted by Crippen LogP contribution is 2.35. The van der Waals surface area contributed by atoms with Crippen LogP contribution in [0, 0.1) is 5.92 Å². The Kier molecular flexibility index (Phi) is 3.38. The number of nitrogens with one attached hydrogen (secondary N) is 1. The lowest BCUT2D eigenvalue weighted by atomic mass is 10.1. The Labute approximate surface area is 111 Å². The zero-order chi connectivity index (χ0) is 13.6. The molecule has 18 heavy (non-hydrogen) atoms. The molecule has 0 aliphatic heterocycles. The monoisotopic (exact) mass is 287 g/mol. The van der Waals surface area contributed by atoms with E-state index in [0.29, 0.717) is 4.88 Å². The highest BCUT2D eigenvalue weighted by molar-refractivity contribution is 7.91. The molecule has 1 fully saturated rings. The van der Waals surface area contributed by atoms with E-state index in [1.165, 1.54) is 6.07 Å². The smallest absolute Gasteiger partial charge is 0.250 e. The molecule has 0 spiro atoms. The van der Waals surface area contributed by atoms with Crippen molar-refractivity contribution in [1.82, 2.24) is 4.72 Å². The summed E-state index contributed by atoms with van der Waals surface area (Å²) in [6, 6.07) is 3.12. The lowest BCUT2D eigenvalue weighted by Gasteiger charge is -2.19. The topological polar surface area (TPSA) is 63.2 Å². The van der Waals surface area contributed by atoms with Crippen LogP contribution in [-0.4, -0.2) is 19.7 Å². The Bertz CT molecular complexity index is 562. The predicted octanol–water partition coefficient (Wildman–Crippen LogP) is 2.42. The van der Waals surface area contributed by atoms with E-state index in [0.717, 1.165) is 24.2 Å². The van der Waals surface area contributed by atoms with Gasteiger partial charge < -0.3 is 0 Å². The molecule has 1 aliphatic carbocycles. The van der Waals surface area contributed by atoms with E-state index in [9.17, 15) is 13.2 Å². The van der Waals surface area contributed by atoms with Crippen LogP contribution < -0.4 is 4.72 Å². The summed E-state index contributed by atoms with van der Waals surface area (Å²) in [5, 5.41) is 0. The first-order valence-electron chi connectivity index (χ1n) is 5.87. The first kappa shape index (κ1) is 13.7. The molecule has 0 saturated heterocycles. The maximum atomic E-state index is 12.1. The van der Waals surface area contributed by atoms with Crippen LogP contribution in [0.5, 0.6) is 0 Å². The lowest BCUT2D eigenvalue weighted by Crippen LogP contribution is -2.40. The number of sulfonamides is 1. The molecule has 1 aliphatic rings. The van der Waals surface area contributed by atoms with E-state index in [1.807, 2.05) is 0 Å². The van der Waals surface area contributed by atoms with Crippen molar-refractivity contribution in [2.75, 3.05) is 0 Å². The second-order valence-electron chi connectivity index (χ2n) is 5.61. The van der Waals surface area contributed by atoms with Gasteiger partial charge in [-0.15, -0.1) is 11.3 Å². The van der Waals surface area contributed by atoms with E-state index in [-0.39, 0.29) is 15.9 Å². The van der Waals surface area contributed by atoms with Crippen molar-refractivity contribution >= 4 is 27.1 Å². The third-order valence-electron chi connectivity index (χ3n) is 2.48. The quantitative estimate of drug-likeness (QED) is 0.865. The fraction of sp³-hybridized carbons (Fsp3) is 0.583. The molecular weight excluding hydrogens is 270 g/mol. The maximum absolute atomic E-state index is 12.1. The highest BCUT2D eigenvalue weighted by Gasteiger charge is 2.32. The van der Waals surface area contributed by atoms with Gasteiger partial charge in [-0.1, -0.05) is 0 Å². The number of Topliss-reactive ketones (excluding diaryl/α,β-unsaturated/α-hetero) is 1. The van der Waals surface area contributed by atoms with Crippen LogP contribution in [0.2, 0.25) is 0 Å². The average Bonchev–Trinajstić information content (AvgIpc) is 2.90. The summed E-state index contributed by atoms with van der Waals surface area (Å²) in [6.07, 6.45) is 1.86. The van der Waals surface area contributed by atoms with Gasteiger partial charge in [-0.05, 0) is 45.7 Å². The van der Waals surface area contributed by atoms with E-state index in [4.69, 9.17) is 0 Å². The molecule has 2 rings (SSSR count). The first-order chi connectivity index (χ1) is 8.19. The minimum absolute atomic E-state index is 0.0807. The van der Waals surface area contributed by atoms with Crippen molar-refractivity contribution in [2.45, 2.75) is 43.4 Å². The summed E-state index contributed by atoms with van der Waals surface area (Å²) in [5.41, 5.74) is -0.524. The van der Waals surface area contributed by atoms with Crippen LogP contribution in [0.3, 0.4) is 0 Å². The maximum Gasteiger partial charge on any atom is 0.250 e. The fourth-order valence-corrected chi connectivity index (χ4v) is 4.34. The van der Waals surface area contributed by atoms with Gasteiger partial charge in [0.1, 0.15) is 4.21 Å². The third-order valence-corrected chi connectivity index (χ3v) is 5.83. The molecule has 1 saturated carbocycles. The molecule has 0 amide bonds. The average molecular weight is 287 g/mol. The lowest BCUT2D eigenvalue weighted by molar-refractivity contribution is 0.0971. The van der Waals surface area contributed by atoms with Gasteiger partial charge in [0.05, 0.1) is 4.88 Å². The van der Waals surface area contributed by atoms with Gasteiger partial charge in [-0.2, -0.15) is 0 Å². The molecule has 1 heterocycles. The van der Waals surface area contributed by atoms with Crippen molar-refractivity contribution in [1.29, 1.82) is 0 Å². The summed E-state index contributed by atoms with van der Waals surface area (Å²) < 4.78 is 26.9. The second-order valence-corrected chi connectivity index (χ2v) is 8.61. The predicted molar refractivity (Wildman–Crippen MR) is 71.4 cm³/mol. The van der Waals surface area contributed by atoms with Crippen molar-refractivity contribution in [3.8, 4) is 0 Å². The Morgan fingerprint density at radius 3 is 2.44 bits per heavy atom. The number of hydrogen-bond acceptors (Lipinski definition) is 4. The highest BCUT2D eigenvalue weighted by atomic mass is 32.2. The van der Waals surface area contributed by atoms with Gasteiger partial charge in [0.2, 0.25) is 0 Å². The first-order valence-corrected chi connectivity index (χ1v) is 8.17. The van der Waals surface area contributed by atoms with Gasteiger partial charge in [-0.25, -0.2) is 13.1 Å². The van der Waals surface area contributed by atoms with E-state index < -0.39 is 15.6 Å². The van der Waals surface area contributed by atoms with E-state index in [2.05, 4.69) is 4.72 Å².